The zero-order chi connectivity index (χ0) is 6.53. The summed E-state index contributed by atoms with van der Waals surface area (Å²) < 4.78 is 0. The summed E-state index contributed by atoms with van der Waals surface area (Å²) in [5, 5.41) is 0. The third-order valence-corrected chi connectivity index (χ3v) is 1.28. The van der Waals surface area contributed by atoms with Crippen molar-refractivity contribution in [2.45, 2.75) is 6.42 Å². The maximum absolute atomic E-state index is 5.36. The zero-order valence-corrected chi connectivity index (χ0v) is 9.77. The minimum absolute atomic E-state index is 0. The molecule has 0 aliphatic rings. The first-order valence-electron chi connectivity index (χ1n) is 3.17. The molecule has 4 radical (unpaired) electrons. The SMILES string of the molecule is NCCc1ccccc1.[Pb]. The fourth-order valence-electron chi connectivity index (χ4n) is 0.811. The molecule has 2 N–H and O–H groups in total. The Morgan fingerprint density at radius 3 is 2.20 bits per heavy atom. The Hall–Kier alpha value is 0.102. The minimum atomic E-state index is 0. The van der Waals surface area contributed by atoms with Crippen molar-refractivity contribution >= 4 is 27.3 Å². The van der Waals surface area contributed by atoms with Crippen molar-refractivity contribution < 1.29 is 0 Å². The Morgan fingerprint density at radius 2 is 1.70 bits per heavy atom. The van der Waals surface area contributed by atoms with E-state index in [9.17, 15) is 0 Å². The van der Waals surface area contributed by atoms with Gasteiger partial charge in [-0.2, -0.15) is 0 Å². The van der Waals surface area contributed by atoms with Crippen LogP contribution in [0.2, 0.25) is 0 Å². The molecule has 0 bridgehead atoms. The summed E-state index contributed by atoms with van der Waals surface area (Å²) >= 11 is 0. The van der Waals surface area contributed by atoms with Gasteiger partial charge in [0.1, 0.15) is 0 Å². The fraction of sp³-hybridized carbons (Fsp3) is 0.250. The van der Waals surface area contributed by atoms with Gasteiger partial charge >= 0.3 is 0 Å². The van der Waals surface area contributed by atoms with Gasteiger partial charge in [0.15, 0.2) is 0 Å². The average Bonchev–Trinajstić information content (AvgIpc) is 1.91. The predicted octanol–water partition coefficient (Wildman–Crippen LogP) is 0.807. The summed E-state index contributed by atoms with van der Waals surface area (Å²) in [7, 11) is 0. The number of benzene rings is 1. The molecular formula is C8H11NPb. The van der Waals surface area contributed by atoms with E-state index in [1.54, 1.807) is 0 Å². The van der Waals surface area contributed by atoms with Crippen LogP contribution in [0.15, 0.2) is 30.3 Å². The predicted molar refractivity (Wildman–Crippen MR) is 45.0 cm³/mol. The average molecular weight is 328 g/mol. The van der Waals surface area contributed by atoms with Gasteiger partial charge in [-0.15, -0.1) is 0 Å². The van der Waals surface area contributed by atoms with E-state index in [0.717, 1.165) is 13.0 Å². The first kappa shape index (κ1) is 10.1. The molecule has 0 atom stereocenters. The van der Waals surface area contributed by atoms with Crippen LogP contribution in [0.1, 0.15) is 5.56 Å². The van der Waals surface area contributed by atoms with Crippen molar-refractivity contribution in [1.29, 1.82) is 0 Å². The second-order valence-electron chi connectivity index (χ2n) is 2.02. The molecule has 0 fully saturated rings. The molecule has 0 saturated heterocycles. The largest absolute Gasteiger partial charge is 0.330 e. The van der Waals surface area contributed by atoms with Crippen molar-refractivity contribution in [2.75, 3.05) is 6.54 Å². The molecule has 0 spiro atoms. The summed E-state index contributed by atoms with van der Waals surface area (Å²) in [5.41, 5.74) is 6.68. The van der Waals surface area contributed by atoms with Gasteiger partial charge in [0.25, 0.3) is 0 Å². The second-order valence-corrected chi connectivity index (χ2v) is 2.02. The second kappa shape index (κ2) is 5.85. The molecule has 0 aliphatic carbocycles. The van der Waals surface area contributed by atoms with Crippen LogP contribution >= 0.6 is 0 Å². The molecule has 1 nitrogen and oxygen atoms in total. The van der Waals surface area contributed by atoms with Crippen molar-refractivity contribution in [3.05, 3.63) is 35.9 Å². The monoisotopic (exact) mass is 329 g/mol. The quantitative estimate of drug-likeness (QED) is 0.799. The summed E-state index contributed by atoms with van der Waals surface area (Å²) in [6.07, 6.45) is 0.987. The summed E-state index contributed by atoms with van der Waals surface area (Å²) in [4.78, 5) is 0. The van der Waals surface area contributed by atoms with Crippen molar-refractivity contribution in [3.63, 3.8) is 0 Å². The standard InChI is InChI=1S/C8H11N.Pb/c9-7-6-8-4-2-1-3-5-8;/h1-5H,6-7,9H2;. The Morgan fingerprint density at radius 1 is 1.10 bits per heavy atom. The van der Waals surface area contributed by atoms with E-state index in [-0.39, 0.29) is 27.3 Å². The van der Waals surface area contributed by atoms with Crippen LogP contribution in [0.4, 0.5) is 0 Å². The van der Waals surface area contributed by atoms with Crippen LogP contribution in [-0.4, -0.2) is 33.8 Å². The third kappa shape index (κ3) is 3.32. The Labute approximate surface area is 81.8 Å². The molecule has 1 rings (SSSR count). The van der Waals surface area contributed by atoms with Gasteiger partial charge in [-0.25, -0.2) is 0 Å². The first-order chi connectivity index (χ1) is 4.43. The molecule has 52 valence electrons. The van der Waals surface area contributed by atoms with Crippen LogP contribution in [-0.2, 0) is 6.42 Å². The topological polar surface area (TPSA) is 26.0 Å². The molecule has 0 amide bonds. The molecule has 10 heavy (non-hydrogen) atoms. The van der Waals surface area contributed by atoms with E-state index in [2.05, 4.69) is 12.1 Å². The molecule has 0 heterocycles. The van der Waals surface area contributed by atoms with Crippen LogP contribution in [0.25, 0.3) is 0 Å². The number of nitrogens with two attached hydrogens (primary N) is 1. The van der Waals surface area contributed by atoms with Gasteiger partial charge in [0.05, 0.1) is 0 Å². The Kier molecular flexibility index (Phi) is 5.91. The summed E-state index contributed by atoms with van der Waals surface area (Å²) in [6, 6.07) is 10.3. The van der Waals surface area contributed by atoms with Crippen LogP contribution < -0.4 is 5.73 Å². The summed E-state index contributed by atoms with van der Waals surface area (Å²) in [6.45, 7) is 0.740. The zero-order valence-electron chi connectivity index (χ0n) is 5.88. The van der Waals surface area contributed by atoms with Crippen LogP contribution in [0.3, 0.4) is 0 Å². The Balaban J connectivity index is 0.000000810. The maximum atomic E-state index is 5.36. The first-order valence-corrected chi connectivity index (χ1v) is 3.17. The molecule has 0 unspecified atom stereocenters. The van der Waals surface area contributed by atoms with Crippen molar-refractivity contribution in [2.24, 2.45) is 5.73 Å². The van der Waals surface area contributed by atoms with Crippen molar-refractivity contribution in [3.8, 4) is 0 Å². The molecule has 1 aromatic rings. The number of hydrogen-bond donors (Lipinski definition) is 1. The van der Waals surface area contributed by atoms with Crippen LogP contribution in [0, 0.1) is 0 Å². The molecule has 0 aliphatic heterocycles. The Bertz CT molecular complexity index is 162. The normalized spacial score (nSPS) is 8.50. The van der Waals surface area contributed by atoms with Gasteiger partial charge in [0, 0.05) is 27.3 Å². The van der Waals surface area contributed by atoms with E-state index in [1.807, 2.05) is 18.2 Å². The summed E-state index contributed by atoms with van der Waals surface area (Å²) in [5.74, 6) is 0. The maximum Gasteiger partial charge on any atom is 0 e. The van der Waals surface area contributed by atoms with E-state index in [4.69, 9.17) is 5.73 Å². The number of rotatable bonds is 2. The van der Waals surface area contributed by atoms with E-state index < -0.39 is 0 Å². The van der Waals surface area contributed by atoms with E-state index in [0.29, 0.717) is 0 Å². The van der Waals surface area contributed by atoms with Gasteiger partial charge in [0.2, 0.25) is 0 Å². The molecule has 2 heteroatoms. The minimum Gasteiger partial charge on any atom is -0.330 e. The van der Waals surface area contributed by atoms with Gasteiger partial charge in [-0.1, -0.05) is 30.3 Å². The van der Waals surface area contributed by atoms with E-state index >= 15 is 0 Å². The molecule has 0 aromatic heterocycles. The fourth-order valence-corrected chi connectivity index (χ4v) is 0.811. The van der Waals surface area contributed by atoms with E-state index in [1.165, 1.54) is 5.56 Å². The molecular weight excluding hydrogens is 317 g/mol. The smallest absolute Gasteiger partial charge is 0 e. The van der Waals surface area contributed by atoms with Gasteiger partial charge in [-0.3, -0.25) is 0 Å². The number of hydrogen-bond acceptors (Lipinski definition) is 1. The van der Waals surface area contributed by atoms with Gasteiger partial charge in [-0.05, 0) is 18.5 Å². The third-order valence-electron chi connectivity index (χ3n) is 1.28. The molecule has 1 aromatic carbocycles. The molecule has 0 saturated carbocycles. The van der Waals surface area contributed by atoms with Crippen molar-refractivity contribution in [1.82, 2.24) is 0 Å². The van der Waals surface area contributed by atoms with Gasteiger partial charge < -0.3 is 5.73 Å². The van der Waals surface area contributed by atoms with Crippen LogP contribution in [0.5, 0.6) is 0 Å².